The summed E-state index contributed by atoms with van der Waals surface area (Å²) in [6.07, 6.45) is -0.483. The van der Waals surface area contributed by atoms with Crippen molar-refractivity contribution < 1.29 is 14.6 Å². The van der Waals surface area contributed by atoms with Crippen LogP contribution in [0.3, 0.4) is 0 Å². The number of aliphatic hydroxyl groups is 1. The highest BCUT2D eigenvalue weighted by Crippen LogP contribution is 2.33. The number of hydrogen-bond acceptors (Lipinski definition) is 5. The van der Waals surface area contributed by atoms with Crippen molar-refractivity contribution >= 4 is 11.6 Å². The number of β-amino-alcohol motifs (C(OH)–C–C–N with tert-alkyl or cyclic N) is 1. The minimum absolute atomic E-state index is 0.206. The van der Waals surface area contributed by atoms with Crippen LogP contribution in [0.5, 0.6) is 11.5 Å². The molecule has 6 heteroatoms. The van der Waals surface area contributed by atoms with Crippen LogP contribution < -0.4 is 15.2 Å². The average molecular weight is 287 g/mol. The topological polar surface area (TPSA) is 68.0 Å². The maximum Gasteiger partial charge on any atom is 0.128 e. The molecule has 3 N–H and O–H groups in total. The summed E-state index contributed by atoms with van der Waals surface area (Å²) in [5.74, 6) is 1.34. The van der Waals surface area contributed by atoms with Crippen molar-refractivity contribution in [1.29, 1.82) is 0 Å². The van der Waals surface area contributed by atoms with Crippen molar-refractivity contribution in [2.24, 2.45) is 5.73 Å². The Labute approximate surface area is 117 Å². The molecule has 0 aliphatic carbocycles. The summed E-state index contributed by atoms with van der Waals surface area (Å²) >= 11 is 6.26. The number of halogens is 1. The van der Waals surface area contributed by atoms with Gasteiger partial charge in [0.1, 0.15) is 11.5 Å². The number of aliphatic hydroxyl groups excluding tert-OH is 1. The first-order chi connectivity index (χ1) is 9.05. The van der Waals surface area contributed by atoms with E-state index in [-0.39, 0.29) is 6.04 Å². The predicted molar refractivity (Wildman–Crippen MR) is 73.8 cm³/mol. The zero-order chi connectivity index (χ0) is 14.0. The number of benzene rings is 1. The molecule has 0 unspecified atom stereocenters. The number of hydrogen-bond donors (Lipinski definition) is 2. The minimum Gasteiger partial charge on any atom is -0.497 e. The molecule has 1 aromatic rings. The number of nitrogens with two attached hydrogens (primary N) is 1. The molecule has 1 aliphatic rings. The molecule has 0 saturated carbocycles. The SMILES string of the molecule is COc1cc(Cl)c(CN2C[C@@H](N)[C@H](O)C2)c(OC)c1. The van der Waals surface area contributed by atoms with E-state index in [2.05, 4.69) is 4.90 Å². The molecule has 0 amide bonds. The quantitative estimate of drug-likeness (QED) is 0.859. The second kappa shape index (κ2) is 5.96. The fourth-order valence-corrected chi connectivity index (χ4v) is 2.55. The van der Waals surface area contributed by atoms with Gasteiger partial charge in [-0.25, -0.2) is 0 Å². The molecule has 5 nitrogen and oxygen atoms in total. The first-order valence-corrected chi connectivity index (χ1v) is 6.49. The van der Waals surface area contributed by atoms with Gasteiger partial charge in [0, 0.05) is 37.3 Å². The van der Waals surface area contributed by atoms with Gasteiger partial charge in [-0.3, -0.25) is 4.90 Å². The van der Waals surface area contributed by atoms with Gasteiger partial charge in [0.25, 0.3) is 0 Å². The van der Waals surface area contributed by atoms with Gasteiger partial charge in [0.2, 0.25) is 0 Å². The minimum atomic E-state index is -0.483. The number of nitrogens with zero attached hydrogens (tertiary/aromatic N) is 1. The monoisotopic (exact) mass is 286 g/mol. The Morgan fingerprint density at radius 2 is 2.11 bits per heavy atom. The van der Waals surface area contributed by atoms with E-state index in [0.29, 0.717) is 36.2 Å². The van der Waals surface area contributed by atoms with Crippen LogP contribution in [0.1, 0.15) is 5.56 Å². The van der Waals surface area contributed by atoms with E-state index in [1.807, 2.05) is 0 Å². The van der Waals surface area contributed by atoms with Crippen LogP contribution in [0, 0.1) is 0 Å². The Hall–Kier alpha value is -1.01. The highest BCUT2D eigenvalue weighted by molar-refractivity contribution is 6.31. The highest BCUT2D eigenvalue weighted by atomic mass is 35.5. The third kappa shape index (κ3) is 3.12. The summed E-state index contributed by atoms with van der Waals surface area (Å²) in [6, 6.07) is 3.35. The molecular formula is C13H19ClN2O3. The van der Waals surface area contributed by atoms with Crippen LogP contribution in [-0.2, 0) is 6.54 Å². The Bertz CT molecular complexity index is 446. The lowest BCUT2D eigenvalue weighted by Crippen LogP contribution is -2.32. The van der Waals surface area contributed by atoms with E-state index in [1.54, 1.807) is 26.4 Å². The average Bonchev–Trinajstić information content (AvgIpc) is 2.70. The maximum absolute atomic E-state index is 9.67. The molecule has 2 atom stereocenters. The van der Waals surface area contributed by atoms with Crippen molar-refractivity contribution in [3.8, 4) is 11.5 Å². The Morgan fingerprint density at radius 3 is 2.63 bits per heavy atom. The van der Waals surface area contributed by atoms with Gasteiger partial charge >= 0.3 is 0 Å². The molecule has 0 radical (unpaired) electrons. The Morgan fingerprint density at radius 1 is 1.37 bits per heavy atom. The van der Waals surface area contributed by atoms with Crippen LogP contribution in [0.2, 0.25) is 5.02 Å². The molecule has 2 rings (SSSR count). The number of methoxy groups -OCH3 is 2. The van der Waals surface area contributed by atoms with Crippen LogP contribution in [0.4, 0.5) is 0 Å². The smallest absolute Gasteiger partial charge is 0.128 e. The second-order valence-corrected chi connectivity index (χ2v) is 5.12. The molecule has 0 bridgehead atoms. The number of rotatable bonds is 4. The van der Waals surface area contributed by atoms with Crippen molar-refractivity contribution in [2.75, 3.05) is 27.3 Å². The summed E-state index contributed by atoms with van der Waals surface area (Å²) in [7, 11) is 3.18. The standard InChI is InChI=1S/C13H19ClN2O3/c1-18-8-3-10(14)9(13(4-8)19-2)5-16-6-11(15)12(17)7-16/h3-4,11-12,17H,5-7,15H2,1-2H3/t11-,12-/m1/s1. The zero-order valence-electron chi connectivity index (χ0n) is 11.1. The van der Waals surface area contributed by atoms with E-state index in [4.69, 9.17) is 26.8 Å². The predicted octanol–water partition coefficient (Wildman–Crippen LogP) is 0.861. The molecule has 19 heavy (non-hydrogen) atoms. The number of likely N-dealkylation sites (tertiary alicyclic amines) is 1. The third-order valence-corrected chi connectivity index (χ3v) is 3.71. The summed E-state index contributed by atoms with van der Waals surface area (Å²) in [4.78, 5) is 2.06. The largest absolute Gasteiger partial charge is 0.497 e. The Balaban J connectivity index is 2.20. The molecule has 1 saturated heterocycles. The van der Waals surface area contributed by atoms with Gasteiger partial charge in [-0.15, -0.1) is 0 Å². The lowest BCUT2D eigenvalue weighted by Gasteiger charge is -2.19. The van der Waals surface area contributed by atoms with E-state index >= 15 is 0 Å². The van der Waals surface area contributed by atoms with Gasteiger partial charge in [-0.2, -0.15) is 0 Å². The van der Waals surface area contributed by atoms with Gasteiger partial charge in [0.15, 0.2) is 0 Å². The van der Waals surface area contributed by atoms with Crippen molar-refractivity contribution in [3.63, 3.8) is 0 Å². The van der Waals surface area contributed by atoms with Crippen LogP contribution in [0.25, 0.3) is 0 Å². The maximum atomic E-state index is 9.67. The van der Waals surface area contributed by atoms with Crippen molar-refractivity contribution in [1.82, 2.24) is 4.90 Å². The fourth-order valence-electron chi connectivity index (χ4n) is 2.29. The van der Waals surface area contributed by atoms with E-state index < -0.39 is 6.10 Å². The van der Waals surface area contributed by atoms with Gasteiger partial charge in [0.05, 0.1) is 25.3 Å². The molecule has 1 fully saturated rings. The van der Waals surface area contributed by atoms with E-state index in [9.17, 15) is 5.11 Å². The van der Waals surface area contributed by atoms with Crippen LogP contribution in [-0.4, -0.2) is 49.5 Å². The summed E-state index contributed by atoms with van der Waals surface area (Å²) < 4.78 is 10.5. The normalized spacial score (nSPS) is 23.6. The third-order valence-electron chi connectivity index (χ3n) is 3.37. The molecule has 106 valence electrons. The molecular weight excluding hydrogens is 268 g/mol. The first-order valence-electron chi connectivity index (χ1n) is 6.11. The Kier molecular flexibility index (Phi) is 4.52. The summed E-state index contributed by atoms with van der Waals surface area (Å²) in [6.45, 7) is 1.79. The molecule has 0 spiro atoms. The highest BCUT2D eigenvalue weighted by Gasteiger charge is 2.29. The van der Waals surface area contributed by atoms with Gasteiger partial charge in [-0.05, 0) is 6.07 Å². The molecule has 1 aromatic carbocycles. The summed E-state index contributed by atoms with van der Waals surface area (Å²) in [5.41, 5.74) is 6.68. The zero-order valence-corrected chi connectivity index (χ0v) is 11.9. The lowest BCUT2D eigenvalue weighted by atomic mass is 10.1. The van der Waals surface area contributed by atoms with Crippen molar-refractivity contribution in [2.45, 2.75) is 18.7 Å². The number of ether oxygens (including phenoxy) is 2. The lowest BCUT2D eigenvalue weighted by molar-refractivity contribution is 0.164. The van der Waals surface area contributed by atoms with Gasteiger partial charge < -0.3 is 20.3 Å². The van der Waals surface area contributed by atoms with Crippen molar-refractivity contribution in [3.05, 3.63) is 22.7 Å². The summed E-state index contributed by atoms with van der Waals surface area (Å²) in [5, 5.41) is 10.3. The van der Waals surface area contributed by atoms with Crippen LogP contribution in [0.15, 0.2) is 12.1 Å². The fraction of sp³-hybridized carbons (Fsp3) is 0.538. The molecule has 1 heterocycles. The molecule has 1 aliphatic heterocycles. The van der Waals surface area contributed by atoms with Gasteiger partial charge in [-0.1, -0.05) is 11.6 Å². The molecule has 0 aromatic heterocycles. The van der Waals surface area contributed by atoms with E-state index in [1.165, 1.54) is 0 Å². The first kappa shape index (κ1) is 14.4. The van der Waals surface area contributed by atoms with Crippen LogP contribution >= 0.6 is 11.6 Å². The second-order valence-electron chi connectivity index (χ2n) is 4.72. The van der Waals surface area contributed by atoms with E-state index in [0.717, 1.165) is 5.56 Å².